The maximum atomic E-state index is 12.6. The highest BCUT2D eigenvalue weighted by atomic mass is 35.5. The Kier molecular flexibility index (Phi) is 4.73. The smallest absolute Gasteiger partial charge is 0.300 e. The molecule has 0 saturated carbocycles. The van der Waals surface area contributed by atoms with Gasteiger partial charge in [0, 0.05) is 23.6 Å². The van der Waals surface area contributed by atoms with Crippen LogP contribution in [-0.2, 0) is 0 Å². The Balaban J connectivity index is 2.27. The Morgan fingerprint density at radius 1 is 1.52 bits per heavy atom. The Morgan fingerprint density at radius 3 is 2.90 bits per heavy atom. The molecule has 21 heavy (non-hydrogen) atoms. The van der Waals surface area contributed by atoms with Gasteiger partial charge in [0.1, 0.15) is 16.9 Å². The number of rotatable bonds is 2. The Labute approximate surface area is 132 Å². The zero-order valence-electron chi connectivity index (χ0n) is 11.8. The largest absolute Gasteiger partial charge is 0.338 e. The molecule has 2 rings (SSSR count). The van der Waals surface area contributed by atoms with Crippen molar-refractivity contribution in [3.8, 4) is 0 Å². The molecule has 0 bridgehead atoms. The molecular formula is C13H16ClN3O3S. The van der Waals surface area contributed by atoms with Gasteiger partial charge < -0.3 is 4.90 Å². The van der Waals surface area contributed by atoms with Gasteiger partial charge in [-0.1, -0.05) is 25.4 Å². The number of thioether (sulfide) groups is 1. The van der Waals surface area contributed by atoms with Crippen molar-refractivity contribution in [1.29, 1.82) is 0 Å². The molecule has 0 N–H and O–H groups in total. The number of hydrogen-bond acceptors (Lipinski definition) is 5. The summed E-state index contributed by atoms with van der Waals surface area (Å²) in [6, 6.07) is 1.27. The maximum absolute atomic E-state index is 12.6. The third kappa shape index (κ3) is 3.85. The Morgan fingerprint density at radius 2 is 2.24 bits per heavy atom. The van der Waals surface area contributed by atoms with Gasteiger partial charge in [-0.15, -0.1) is 0 Å². The molecule has 0 radical (unpaired) electrons. The molecular weight excluding hydrogens is 314 g/mol. The van der Waals surface area contributed by atoms with E-state index in [1.807, 2.05) is 0 Å². The van der Waals surface area contributed by atoms with Crippen molar-refractivity contribution in [3.63, 3.8) is 0 Å². The van der Waals surface area contributed by atoms with Gasteiger partial charge in [0.05, 0.1) is 4.92 Å². The van der Waals surface area contributed by atoms with Crippen LogP contribution in [0.1, 0.15) is 30.6 Å². The summed E-state index contributed by atoms with van der Waals surface area (Å²) < 4.78 is 0.108. The topological polar surface area (TPSA) is 76.3 Å². The van der Waals surface area contributed by atoms with E-state index in [-0.39, 0.29) is 27.1 Å². The molecule has 0 unspecified atom stereocenters. The summed E-state index contributed by atoms with van der Waals surface area (Å²) in [5.74, 6) is 0.454. The van der Waals surface area contributed by atoms with E-state index in [1.165, 1.54) is 6.07 Å². The molecule has 1 aromatic rings. The molecule has 0 aromatic carbocycles. The van der Waals surface area contributed by atoms with Crippen LogP contribution in [0.4, 0.5) is 5.69 Å². The van der Waals surface area contributed by atoms with Gasteiger partial charge in [-0.3, -0.25) is 14.9 Å². The van der Waals surface area contributed by atoms with Crippen molar-refractivity contribution in [3.05, 3.63) is 33.1 Å². The predicted octanol–water partition coefficient (Wildman–Crippen LogP) is 3.00. The van der Waals surface area contributed by atoms with E-state index in [0.29, 0.717) is 13.1 Å². The lowest BCUT2D eigenvalue weighted by Gasteiger charge is -2.22. The number of hydrogen-bond donors (Lipinski definition) is 0. The number of amides is 1. The van der Waals surface area contributed by atoms with Gasteiger partial charge in [-0.2, -0.15) is 11.8 Å². The average molecular weight is 330 g/mol. The van der Waals surface area contributed by atoms with Crippen LogP contribution < -0.4 is 0 Å². The van der Waals surface area contributed by atoms with Crippen molar-refractivity contribution < 1.29 is 9.72 Å². The first-order valence-corrected chi connectivity index (χ1v) is 7.90. The van der Waals surface area contributed by atoms with Gasteiger partial charge in [-0.05, 0) is 12.5 Å². The molecule has 8 heteroatoms. The first kappa shape index (κ1) is 16.0. The minimum absolute atomic E-state index is 0.00436. The second-order valence-electron chi connectivity index (χ2n) is 5.43. The van der Waals surface area contributed by atoms with Gasteiger partial charge >= 0.3 is 0 Å². The van der Waals surface area contributed by atoms with Crippen molar-refractivity contribution >= 4 is 35.0 Å². The summed E-state index contributed by atoms with van der Waals surface area (Å²) in [6.07, 6.45) is 1.88. The van der Waals surface area contributed by atoms with Crippen LogP contribution in [0, 0.1) is 10.1 Å². The fourth-order valence-corrected chi connectivity index (χ4v) is 3.39. The lowest BCUT2D eigenvalue weighted by molar-refractivity contribution is -0.385. The average Bonchev–Trinajstić information content (AvgIpc) is 2.58. The van der Waals surface area contributed by atoms with Crippen LogP contribution in [0.2, 0.25) is 5.15 Å². The predicted molar refractivity (Wildman–Crippen MR) is 83.0 cm³/mol. The molecule has 6 nitrogen and oxygen atoms in total. The quantitative estimate of drug-likeness (QED) is 0.473. The number of nitrogens with zero attached hydrogens (tertiary/aromatic N) is 3. The second kappa shape index (κ2) is 6.19. The van der Waals surface area contributed by atoms with Crippen LogP contribution >= 0.6 is 23.4 Å². The van der Waals surface area contributed by atoms with E-state index < -0.39 is 4.92 Å². The minimum Gasteiger partial charge on any atom is -0.338 e. The standard InChI is InChI=1S/C13H16ClN3O3S/c1-13(2)3-4-16(5-6-21-13)12(18)9-7-11(14)15-8-10(9)17(19)20/h7-8H,3-6H2,1-2H3. The number of pyridine rings is 1. The van der Waals surface area contributed by atoms with Crippen LogP contribution in [0.25, 0.3) is 0 Å². The summed E-state index contributed by atoms with van der Waals surface area (Å²) >= 11 is 7.58. The van der Waals surface area contributed by atoms with Crippen molar-refractivity contribution in [2.75, 3.05) is 18.8 Å². The molecule has 1 amide bonds. The normalized spacial score (nSPS) is 18.1. The maximum Gasteiger partial charge on any atom is 0.300 e. The van der Waals surface area contributed by atoms with Crippen molar-refractivity contribution in [2.24, 2.45) is 0 Å². The van der Waals surface area contributed by atoms with E-state index in [1.54, 1.807) is 16.7 Å². The van der Waals surface area contributed by atoms with E-state index in [0.717, 1.165) is 18.4 Å². The van der Waals surface area contributed by atoms with E-state index in [4.69, 9.17) is 11.6 Å². The zero-order chi connectivity index (χ0) is 15.6. The van der Waals surface area contributed by atoms with Crippen LogP contribution in [0.15, 0.2) is 12.3 Å². The third-order valence-electron chi connectivity index (χ3n) is 3.40. The van der Waals surface area contributed by atoms with E-state index in [2.05, 4.69) is 18.8 Å². The SMILES string of the molecule is CC1(C)CCN(C(=O)c2cc(Cl)ncc2[N+](=O)[O-])CCS1. The molecule has 0 aliphatic carbocycles. The number of carbonyl (C=O) groups is 1. The number of nitro groups is 1. The summed E-state index contributed by atoms with van der Waals surface area (Å²) in [4.78, 5) is 28.3. The minimum atomic E-state index is -0.604. The molecule has 2 heterocycles. The number of halogens is 1. The van der Waals surface area contributed by atoms with E-state index >= 15 is 0 Å². The lowest BCUT2D eigenvalue weighted by Crippen LogP contribution is -2.34. The number of aromatic nitrogens is 1. The third-order valence-corrected chi connectivity index (χ3v) is 4.98. The highest BCUT2D eigenvalue weighted by Gasteiger charge is 2.30. The van der Waals surface area contributed by atoms with Crippen LogP contribution in [0.5, 0.6) is 0 Å². The zero-order valence-corrected chi connectivity index (χ0v) is 13.4. The Hall–Kier alpha value is -1.34. The molecule has 1 aromatic heterocycles. The monoisotopic (exact) mass is 329 g/mol. The molecule has 1 fully saturated rings. The van der Waals surface area contributed by atoms with Crippen molar-refractivity contribution in [1.82, 2.24) is 9.88 Å². The van der Waals surface area contributed by atoms with Gasteiger partial charge in [-0.25, -0.2) is 4.98 Å². The summed E-state index contributed by atoms with van der Waals surface area (Å²) in [6.45, 7) is 5.43. The van der Waals surface area contributed by atoms with Crippen molar-refractivity contribution in [2.45, 2.75) is 25.0 Å². The summed E-state index contributed by atoms with van der Waals surface area (Å²) in [7, 11) is 0. The van der Waals surface area contributed by atoms with Gasteiger partial charge in [0.15, 0.2) is 0 Å². The summed E-state index contributed by atoms with van der Waals surface area (Å²) in [5, 5.41) is 11.1. The van der Waals surface area contributed by atoms with Gasteiger partial charge in [0.25, 0.3) is 11.6 Å². The van der Waals surface area contributed by atoms with Crippen LogP contribution in [0.3, 0.4) is 0 Å². The molecule has 1 saturated heterocycles. The lowest BCUT2D eigenvalue weighted by atomic mass is 10.1. The first-order chi connectivity index (χ1) is 9.80. The number of carbonyl (C=O) groups excluding carboxylic acids is 1. The summed E-state index contributed by atoms with van der Waals surface area (Å²) in [5.41, 5.74) is -0.301. The molecule has 1 aliphatic rings. The van der Waals surface area contributed by atoms with Gasteiger partial charge in [0.2, 0.25) is 0 Å². The van der Waals surface area contributed by atoms with Crippen LogP contribution in [-0.4, -0.2) is 44.3 Å². The van der Waals surface area contributed by atoms with E-state index in [9.17, 15) is 14.9 Å². The molecule has 1 aliphatic heterocycles. The Bertz CT molecular complexity index is 580. The molecule has 114 valence electrons. The highest BCUT2D eigenvalue weighted by molar-refractivity contribution is 8.00. The molecule has 0 atom stereocenters. The first-order valence-electron chi connectivity index (χ1n) is 6.53. The fraction of sp³-hybridized carbons (Fsp3) is 0.538. The fourth-order valence-electron chi connectivity index (χ4n) is 2.13. The molecule has 0 spiro atoms. The highest BCUT2D eigenvalue weighted by Crippen LogP contribution is 2.31. The second-order valence-corrected chi connectivity index (χ2v) is 7.62.